The molecule has 3 aromatic carbocycles. The van der Waals surface area contributed by atoms with Crippen LogP contribution in [0.15, 0.2) is 65.6 Å². The van der Waals surface area contributed by atoms with Crippen molar-refractivity contribution in [1.82, 2.24) is 4.90 Å². The molecule has 0 amide bonds. The maximum absolute atomic E-state index is 12.3. The maximum Gasteiger partial charge on any atom is 0.175 e. The summed E-state index contributed by atoms with van der Waals surface area (Å²) in [5, 5.41) is 20.5. The zero-order chi connectivity index (χ0) is 27.9. The predicted molar refractivity (Wildman–Crippen MR) is 152 cm³/mol. The summed E-state index contributed by atoms with van der Waals surface area (Å²) in [4.78, 5) is 2.48. The lowest BCUT2D eigenvalue weighted by Gasteiger charge is -2.31. The normalized spacial score (nSPS) is 20.4. The van der Waals surface area contributed by atoms with Crippen molar-refractivity contribution in [2.75, 3.05) is 26.0 Å². The molecule has 206 valence electrons. The molecule has 5 rings (SSSR count). The Hall–Kier alpha value is -3.49. The molecule has 2 aliphatic heterocycles. The Morgan fingerprint density at radius 3 is 2.46 bits per heavy atom. The number of phenols is 2. The summed E-state index contributed by atoms with van der Waals surface area (Å²) in [6.07, 6.45) is 1.76. The highest BCUT2D eigenvalue weighted by Crippen LogP contribution is 2.48. The number of aromatic hydroxyl groups is 2. The van der Waals surface area contributed by atoms with Crippen LogP contribution in [0.5, 0.6) is 23.0 Å². The molecule has 0 aromatic heterocycles. The first-order chi connectivity index (χ1) is 18.5. The fourth-order valence-electron chi connectivity index (χ4n) is 5.43. The average molecular weight is 550 g/mol. The molecule has 0 radical (unpaired) electrons. The van der Waals surface area contributed by atoms with Gasteiger partial charge in [0.05, 0.1) is 4.90 Å². The third-order valence-electron chi connectivity index (χ3n) is 7.66. The van der Waals surface area contributed by atoms with Gasteiger partial charge < -0.3 is 19.7 Å². The van der Waals surface area contributed by atoms with Gasteiger partial charge in [-0.25, -0.2) is 8.42 Å². The number of phenolic OH excluding ortho intramolecular Hbond substituents is 2. The quantitative estimate of drug-likeness (QED) is 0.392. The van der Waals surface area contributed by atoms with Crippen LogP contribution in [0, 0.1) is 5.92 Å². The second-order valence-electron chi connectivity index (χ2n) is 10.8. The largest absolute Gasteiger partial charge is 0.508 e. The Balaban J connectivity index is 1.48. The minimum absolute atomic E-state index is 0.0171. The smallest absolute Gasteiger partial charge is 0.175 e. The van der Waals surface area contributed by atoms with Crippen LogP contribution in [0.3, 0.4) is 0 Å². The van der Waals surface area contributed by atoms with Crippen LogP contribution in [0.4, 0.5) is 0 Å². The molecule has 1 fully saturated rings. The van der Waals surface area contributed by atoms with Gasteiger partial charge in [0.15, 0.2) is 9.84 Å². The summed E-state index contributed by atoms with van der Waals surface area (Å²) in [6.45, 7) is 9.19. The van der Waals surface area contributed by atoms with Gasteiger partial charge in [0.25, 0.3) is 0 Å². The van der Waals surface area contributed by atoms with E-state index in [1.165, 1.54) is 18.6 Å². The van der Waals surface area contributed by atoms with Crippen LogP contribution in [0.25, 0.3) is 11.1 Å². The van der Waals surface area contributed by atoms with Crippen LogP contribution in [0.2, 0.25) is 0 Å². The van der Waals surface area contributed by atoms with E-state index < -0.39 is 15.9 Å². The molecule has 3 atom stereocenters. The topological polar surface area (TPSA) is 96.3 Å². The number of fused-ring (bicyclic) bond motifs is 1. The molecule has 1 saturated heterocycles. The molecule has 2 N–H and O–H groups in total. The summed E-state index contributed by atoms with van der Waals surface area (Å²) in [7, 11) is -3.57. The molecule has 8 heteroatoms. The van der Waals surface area contributed by atoms with E-state index in [1.54, 1.807) is 24.3 Å². The summed E-state index contributed by atoms with van der Waals surface area (Å²) < 4.78 is 37.2. The number of allylic oxidation sites excluding steroid dienone is 1. The molecule has 3 aromatic rings. The number of nitrogens with zero attached hydrogens (tertiary/aromatic N) is 1. The second-order valence-corrected chi connectivity index (χ2v) is 12.8. The predicted octanol–water partition coefficient (Wildman–Crippen LogP) is 5.67. The lowest BCUT2D eigenvalue weighted by molar-refractivity contribution is 0.169. The van der Waals surface area contributed by atoms with Crippen molar-refractivity contribution in [3.63, 3.8) is 0 Å². The van der Waals surface area contributed by atoms with Crippen molar-refractivity contribution >= 4 is 21.0 Å². The third kappa shape index (κ3) is 5.77. The molecule has 39 heavy (non-hydrogen) atoms. The van der Waals surface area contributed by atoms with Crippen molar-refractivity contribution < 1.29 is 28.1 Å². The fraction of sp³-hybridized carbons (Fsp3) is 0.355. The van der Waals surface area contributed by atoms with E-state index in [1.807, 2.05) is 31.2 Å². The van der Waals surface area contributed by atoms with E-state index in [0.717, 1.165) is 42.1 Å². The van der Waals surface area contributed by atoms with Gasteiger partial charge in [0.2, 0.25) is 0 Å². The maximum atomic E-state index is 12.3. The van der Waals surface area contributed by atoms with Crippen LogP contribution >= 0.6 is 0 Å². The minimum atomic E-state index is -3.57. The van der Waals surface area contributed by atoms with E-state index in [2.05, 4.69) is 18.7 Å². The highest BCUT2D eigenvalue weighted by molar-refractivity contribution is 7.90. The number of likely N-dealkylation sites (tertiary alicyclic amines) is 1. The van der Waals surface area contributed by atoms with Crippen LogP contribution < -0.4 is 9.47 Å². The van der Waals surface area contributed by atoms with Crippen molar-refractivity contribution in [3.8, 4) is 23.0 Å². The van der Waals surface area contributed by atoms with Crippen molar-refractivity contribution in [2.24, 2.45) is 5.92 Å². The Bertz CT molecular complexity index is 1510. The summed E-state index contributed by atoms with van der Waals surface area (Å²) >= 11 is 0. The van der Waals surface area contributed by atoms with Crippen molar-refractivity contribution in [2.45, 2.75) is 44.2 Å². The van der Waals surface area contributed by atoms with E-state index >= 15 is 0 Å². The van der Waals surface area contributed by atoms with E-state index in [0.29, 0.717) is 35.1 Å². The molecule has 0 bridgehead atoms. The Morgan fingerprint density at radius 2 is 1.79 bits per heavy atom. The zero-order valence-corrected chi connectivity index (χ0v) is 23.5. The van der Waals surface area contributed by atoms with Crippen LogP contribution in [-0.4, -0.2) is 55.5 Å². The molecule has 7 nitrogen and oxygen atoms in total. The Labute approximate surface area is 230 Å². The number of ether oxygens (including phenoxy) is 2. The average Bonchev–Trinajstić information content (AvgIpc) is 3.33. The van der Waals surface area contributed by atoms with Gasteiger partial charge in [-0.05, 0) is 98.0 Å². The molecule has 2 heterocycles. The van der Waals surface area contributed by atoms with Gasteiger partial charge in [-0.2, -0.15) is 0 Å². The van der Waals surface area contributed by atoms with Gasteiger partial charge in [-0.15, -0.1) is 0 Å². The van der Waals surface area contributed by atoms with Gasteiger partial charge in [-0.3, -0.25) is 4.90 Å². The van der Waals surface area contributed by atoms with Gasteiger partial charge in [-0.1, -0.05) is 19.1 Å². The van der Waals surface area contributed by atoms with E-state index in [-0.39, 0.29) is 16.4 Å². The SMILES string of the molecule is CC1=C(c2cc(O)cc(S(C)(=O)=O)c2)C(c2ccc(OC[C@H](C)N3CC[C@@H](C)C3)cc2)Oc2ccc(O)cc21. The van der Waals surface area contributed by atoms with E-state index in [9.17, 15) is 18.6 Å². The minimum Gasteiger partial charge on any atom is -0.508 e. The first kappa shape index (κ1) is 27.1. The highest BCUT2D eigenvalue weighted by atomic mass is 32.2. The molecule has 2 aliphatic rings. The number of hydrogen-bond donors (Lipinski definition) is 2. The highest BCUT2D eigenvalue weighted by Gasteiger charge is 2.31. The standard InChI is InChI=1S/C31H35NO6S/c1-19-11-12-32(17-19)20(2)18-37-26-8-5-22(6-9-26)31-30(21(3)28-16-24(33)7-10-29(28)38-31)23-13-25(34)15-27(14-23)39(4,35)36/h5-10,13-16,19-20,31,33-34H,11-12,17-18H2,1-4H3/t19-,20+,31?/m1/s1. The Kier molecular flexibility index (Phi) is 7.35. The number of hydrogen-bond acceptors (Lipinski definition) is 7. The van der Waals surface area contributed by atoms with Crippen molar-refractivity contribution in [1.29, 1.82) is 0 Å². The molecular weight excluding hydrogens is 514 g/mol. The first-order valence-electron chi connectivity index (χ1n) is 13.2. The molecule has 0 saturated carbocycles. The first-order valence-corrected chi connectivity index (χ1v) is 15.1. The summed E-state index contributed by atoms with van der Waals surface area (Å²) in [5.41, 5.74) is 3.60. The molecule has 1 unspecified atom stereocenters. The summed E-state index contributed by atoms with van der Waals surface area (Å²) in [5.74, 6) is 2.04. The van der Waals surface area contributed by atoms with Crippen LogP contribution in [0.1, 0.15) is 50.0 Å². The molecule has 0 aliphatic carbocycles. The molecular formula is C31H35NO6S. The zero-order valence-electron chi connectivity index (χ0n) is 22.7. The molecule has 0 spiro atoms. The lowest BCUT2D eigenvalue weighted by Crippen LogP contribution is -2.35. The number of sulfone groups is 1. The summed E-state index contributed by atoms with van der Waals surface area (Å²) in [6, 6.07) is 17.3. The van der Waals surface area contributed by atoms with E-state index in [4.69, 9.17) is 9.47 Å². The lowest BCUT2D eigenvalue weighted by atomic mass is 9.86. The monoisotopic (exact) mass is 549 g/mol. The van der Waals surface area contributed by atoms with Gasteiger partial charge in [0.1, 0.15) is 35.7 Å². The fourth-order valence-corrected chi connectivity index (χ4v) is 6.10. The number of rotatable bonds is 7. The van der Waals surface area contributed by atoms with Gasteiger partial charge in [0, 0.05) is 30.0 Å². The van der Waals surface area contributed by atoms with Gasteiger partial charge >= 0.3 is 0 Å². The van der Waals surface area contributed by atoms with Crippen LogP contribution in [-0.2, 0) is 9.84 Å². The number of benzene rings is 3. The third-order valence-corrected chi connectivity index (χ3v) is 8.75. The Morgan fingerprint density at radius 1 is 1.05 bits per heavy atom. The van der Waals surface area contributed by atoms with Crippen molar-refractivity contribution in [3.05, 3.63) is 77.4 Å². The second kappa shape index (κ2) is 10.6.